The molecule has 3 nitrogen and oxygen atoms in total. The summed E-state index contributed by atoms with van der Waals surface area (Å²) >= 11 is 1.69. The molecule has 1 heterocycles. The normalized spacial score (nSPS) is 15.6. The first-order valence-corrected chi connectivity index (χ1v) is 8.29. The zero-order valence-electron chi connectivity index (χ0n) is 13.4. The average molecular weight is 389 g/mol. The van der Waals surface area contributed by atoms with E-state index in [0.29, 0.717) is 0 Å². The second-order valence-corrected chi connectivity index (χ2v) is 6.45. The van der Waals surface area contributed by atoms with Gasteiger partial charge in [-0.1, -0.05) is 47.7 Å². The van der Waals surface area contributed by atoms with Crippen molar-refractivity contribution < 1.29 is 17.0 Å². The van der Waals surface area contributed by atoms with Gasteiger partial charge in [-0.05, 0) is 44.0 Å². The number of para-hydroxylation sites is 1. The summed E-state index contributed by atoms with van der Waals surface area (Å²) < 4.78 is 0. The molecule has 0 spiro atoms. The van der Waals surface area contributed by atoms with Crippen LogP contribution in [-0.4, -0.2) is 16.6 Å². The fourth-order valence-corrected chi connectivity index (χ4v) is 3.52. The van der Waals surface area contributed by atoms with E-state index in [1.54, 1.807) is 11.8 Å². The Labute approximate surface area is 152 Å². The minimum absolute atomic E-state index is 0. The summed E-state index contributed by atoms with van der Waals surface area (Å²) in [6.07, 6.45) is 0. The van der Waals surface area contributed by atoms with E-state index in [-0.39, 0.29) is 17.0 Å². The highest BCUT2D eigenvalue weighted by molar-refractivity contribution is 8.14. The molecular weight excluding hydrogens is 370 g/mol. The summed E-state index contributed by atoms with van der Waals surface area (Å²) in [5.74, 6) is 0.837. The number of benzene rings is 2. The molecule has 0 saturated carbocycles. The van der Waals surface area contributed by atoms with Gasteiger partial charge in [0.1, 0.15) is 0 Å². The van der Waals surface area contributed by atoms with Crippen LogP contribution in [0.2, 0.25) is 0 Å². The molecular formula is C18H19BrN3S-. The Kier molecular flexibility index (Phi) is 6.02. The van der Waals surface area contributed by atoms with Crippen molar-refractivity contribution in [2.24, 2.45) is 10.1 Å². The van der Waals surface area contributed by atoms with E-state index in [2.05, 4.69) is 48.4 Å². The number of aryl methyl sites for hydroxylation is 3. The highest BCUT2D eigenvalue weighted by Gasteiger charge is 2.16. The van der Waals surface area contributed by atoms with Crippen molar-refractivity contribution in [3.05, 3.63) is 64.7 Å². The second-order valence-electron chi connectivity index (χ2n) is 5.49. The SMILES string of the molecule is Cc1cc(C)c(C2=NNC(=Nc3ccccc3)SC2)c(C)c1.[Br-]. The minimum Gasteiger partial charge on any atom is -1.00 e. The smallest absolute Gasteiger partial charge is 0.182 e. The molecule has 0 saturated heterocycles. The molecule has 0 amide bonds. The van der Waals surface area contributed by atoms with E-state index in [9.17, 15) is 0 Å². The summed E-state index contributed by atoms with van der Waals surface area (Å²) in [6.45, 7) is 6.43. The summed E-state index contributed by atoms with van der Waals surface area (Å²) in [5.41, 5.74) is 10.2. The van der Waals surface area contributed by atoms with Gasteiger partial charge in [-0.3, -0.25) is 5.43 Å². The maximum atomic E-state index is 4.57. The number of rotatable bonds is 2. The lowest BCUT2D eigenvalue weighted by molar-refractivity contribution is -0.00000466. The molecule has 5 heteroatoms. The monoisotopic (exact) mass is 388 g/mol. The Hall–Kier alpha value is -1.59. The van der Waals surface area contributed by atoms with Gasteiger partial charge < -0.3 is 17.0 Å². The van der Waals surface area contributed by atoms with Crippen LogP contribution in [0, 0.1) is 20.8 Å². The number of nitrogens with one attached hydrogen (secondary N) is 1. The van der Waals surface area contributed by atoms with Crippen LogP contribution in [0.5, 0.6) is 0 Å². The van der Waals surface area contributed by atoms with Crippen molar-refractivity contribution in [2.75, 3.05) is 5.75 Å². The highest BCUT2D eigenvalue weighted by Crippen LogP contribution is 2.22. The lowest BCUT2D eigenvalue weighted by Crippen LogP contribution is -3.00. The zero-order valence-corrected chi connectivity index (χ0v) is 15.8. The number of amidine groups is 1. The Bertz CT molecular complexity index is 731. The fourth-order valence-electron chi connectivity index (χ4n) is 2.76. The van der Waals surface area contributed by atoms with E-state index in [1.807, 2.05) is 30.3 Å². The maximum absolute atomic E-state index is 4.57. The van der Waals surface area contributed by atoms with E-state index in [0.717, 1.165) is 22.3 Å². The largest absolute Gasteiger partial charge is 1.00 e. The van der Waals surface area contributed by atoms with Gasteiger partial charge in [0.05, 0.1) is 11.4 Å². The van der Waals surface area contributed by atoms with Crippen LogP contribution < -0.4 is 22.4 Å². The third kappa shape index (κ3) is 4.24. The lowest BCUT2D eigenvalue weighted by atomic mass is 9.97. The Morgan fingerprint density at radius 3 is 2.26 bits per heavy atom. The predicted molar refractivity (Wildman–Crippen MR) is 96.3 cm³/mol. The molecule has 3 rings (SSSR count). The summed E-state index contributed by atoms with van der Waals surface area (Å²) in [5, 5.41) is 5.39. The molecule has 2 aromatic carbocycles. The molecule has 2 aromatic rings. The first kappa shape index (κ1) is 17.8. The van der Waals surface area contributed by atoms with Crippen LogP contribution in [0.4, 0.5) is 5.69 Å². The first-order valence-electron chi connectivity index (χ1n) is 7.31. The molecule has 1 aliphatic rings. The molecule has 0 bridgehead atoms. The van der Waals surface area contributed by atoms with Gasteiger partial charge in [0, 0.05) is 11.3 Å². The predicted octanol–water partition coefficient (Wildman–Crippen LogP) is 1.34. The third-order valence-corrected chi connectivity index (χ3v) is 4.46. The molecule has 23 heavy (non-hydrogen) atoms. The maximum Gasteiger partial charge on any atom is 0.182 e. The minimum atomic E-state index is 0. The average Bonchev–Trinajstić information content (AvgIpc) is 2.49. The number of halogens is 1. The van der Waals surface area contributed by atoms with Gasteiger partial charge in [0.25, 0.3) is 0 Å². The van der Waals surface area contributed by atoms with Crippen molar-refractivity contribution >= 4 is 28.3 Å². The van der Waals surface area contributed by atoms with E-state index in [1.165, 1.54) is 22.3 Å². The van der Waals surface area contributed by atoms with Gasteiger partial charge in [0.2, 0.25) is 0 Å². The van der Waals surface area contributed by atoms with Crippen LogP contribution in [0.15, 0.2) is 52.6 Å². The summed E-state index contributed by atoms with van der Waals surface area (Å²) in [4.78, 5) is 4.57. The summed E-state index contributed by atoms with van der Waals surface area (Å²) in [7, 11) is 0. The number of hydrogen-bond donors (Lipinski definition) is 1. The van der Waals surface area contributed by atoms with Crippen LogP contribution in [0.3, 0.4) is 0 Å². The van der Waals surface area contributed by atoms with Gasteiger partial charge in [0.15, 0.2) is 5.17 Å². The Morgan fingerprint density at radius 1 is 1.04 bits per heavy atom. The van der Waals surface area contributed by atoms with Crippen LogP contribution >= 0.6 is 11.8 Å². The van der Waals surface area contributed by atoms with E-state index in [4.69, 9.17) is 0 Å². The van der Waals surface area contributed by atoms with Crippen LogP contribution in [-0.2, 0) is 0 Å². The molecule has 0 unspecified atom stereocenters. The van der Waals surface area contributed by atoms with Crippen molar-refractivity contribution in [3.8, 4) is 0 Å². The fraction of sp³-hybridized carbons (Fsp3) is 0.222. The first-order chi connectivity index (χ1) is 10.6. The van der Waals surface area contributed by atoms with Gasteiger partial charge >= 0.3 is 0 Å². The molecule has 0 atom stereocenters. The Balaban J connectivity index is 0.00000192. The molecule has 0 aromatic heterocycles. The molecule has 1 aliphatic heterocycles. The van der Waals surface area contributed by atoms with Crippen molar-refractivity contribution in [1.29, 1.82) is 0 Å². The van der Waals surface area contributed by atoms with Crippen LogP contribution in [0.25, 0.3) is 0 Å². The molecule has 0 radical (unpaired) electrons. The lowest BCUT2D eigenvalue weighted by Gasteiger charge is -2.18. The molecule has 0 aliphatic carbocycles. The standard InChI is InChI=1S/C18H19N3S.BrH/c1-12-9-13(2)17(14(3)10-12)16-11-22-18(21-20-16)19-15-7-5-4-6-8-15;/h4-10H,11H2,1-3H3,(H,19,21);1H/p-1. The number of thioether (sulfide) groups is 1. The van der Waals surface area contributed by atoms with Crippen molar-refractivity contribution in [1.82, 2.24) is 5.43 Å². The topological polar surface area (TPSA) is 36.8 Å². The van der Waals surface area contributed by atoms with Crippen molar-refractivity contribution in [2.45, 2.75) is 20.8 Å². The van der Waals surface area contributed by atoms with Crippen molar-refractivity contribution in [3.63, 3.8) is 0 Å². The molecule has 1 N–H and O–H groups in total. The third-order valence-electron chi connectivity index (χ3n) is 3.58. The quantitative estimate of drug-likeness (QED) is 0.842. The number of aliphatic imine (C=N–C) groups is 1. The second kappa shape index (κ2) is 7.79. The van der Waals surface area contributed by atoms with Crippen LogP contribution in [0.1, 0.15) is 22.3 Å². The zero-order chi connectivity index (χ0) is 15.5. The van der Waals surface area contributed by atoms with E-state index < -0.39 is 0 Å². The Morgan fingerprint density at radius 2 is 1.70 bits per heavy atom. The number of hydrogen-bond acceptors (Lipinski definition) is 3. The van der Waals surface area contributed by atoms with Gasteiger partial charge in [-0.15, -0.1) is 0 Å². The van der Waals surface area contributed by atoms with Gasteiger partial charge in [-0.2, -0.15) is 5.10 Å². The van der Waals surface area contributed by atoms with Gasteiger partial charge in [-0.25, -0.2) is 4.99 Å². The summed E-state index contributed by atoms with van der Waals surface area (Å²) in [6, 6.07) is 14.4. The number of hydrazone groups is 1. The molecule has 0 fully saturated rings. The highest BCUT2D eigenvalue weighted by atomic mass is 79.9. The number of nitrogens with zero attached hydrogens (tertiary/aromatic N) is 2. The molecule has 120 valence electrons. The van der Waals surface area contributed by atoms with E-state index >= 15 is 0 Å².